The van der Waals surface area contributed by atoms with Gasteiger partial charge in [0.25, 0.3) is 5.91 Å². The number of amides is 1. The van der Waals surface area contributed by atoms with Crippen LogP contribution in [-0.4, -0.2) is 18.5 Å². The average Bonchev–Trinajstić information content (AvgIpc) is 2.73. The molecule has 148 valence electrons. The SMILES string of the molecule is O=C(CCCOc1cccc(F)c1)Oc1ccc(NC(=O)c2ccccc2)cc1. The highest BCUT2D eigenvalue weighted by Gasteiger charge is 2.08. The molecule has 0 spiro atoms. The Morgan fingerprint density at radius 3 is 2.34 bits per heavy atom. The fourth-order valence-electron chi connectivity index (χ4n) is 2.54. The zero-order chi connectivity index (χ0) is 20.5. The Morgan fingerprint density at radius 2 is 1.62 bits per heavy atom. The van der Waals surface area contributed by atoms with Crippen molar-refractivity contribution in [3.63, 3.8) is 0 Å². The summed E-state index contributed by atoms with van der Waals surface area (Å²) in [5.41, 5.74) is 1.16. The molecule has 0 aliphatic heterocycles. The molecule has 6 heteroatoms. The van der Waals surface area contributed by atoms with E-state index in [-0.39, 0.29) is 24.8 Å². The van der Waals surface area contributed by atoms with E-state index in [2.05, 4.69) is 5.32 Å². The number of halogens is 1. The minimum atomic E-state index is -0.395. The van der Waals surface area contributed by atoms with Crippen LogP contribution in [0.3, 0.4) is 0 Å². The molecule has 0 saturated heterocycles. The van der Waals surface area contributed by atoms with E-state index < -0.39 is 5.97 Å². The summed E-state index contributed by atoms with van der Waals surface area (Å²) >= 11 is 0. The molecule has 29 heavy (non-hydrogen) atoms. The van der Waals surface area contributed by atoms with Gasteiger partial charge in [0.15, 0.2) is 0 Å². The quantitative estimate of drug-likeness (QED) is 0.338. The number of esters is 1. The predicted octanol–water partition coefficient (Wildman–Crippen LogP) is 4.84. The Balaban J connectivity index is 1.41. The molecule has 3 rings (SSSR count). The van der Waals surface area contributed by atoms with Crippen molar-refractivity contribution in [1.29, 1.82) is 0 Å². The highest BCUT2D eigenvalue weighted by Crippen LogP contribution is 2.17. The number of rotatable bonds is 8. The Bertz CT molecular complexity index is 958. The zero-order valence-corrected chi connectivity index (χ0v) is 15.6. The molecule has 0 saturated carbocycles. The van der Waals surface area contributed by atoms with Gasteiger partial charge in [0.2, 0.25) is 0 Å². The first-order valence-electron chi connectivity index (χ1n) is 9.16. The second kappa shape index (κ2) is 10.0. The van der Waals surface area contributed by atoms with Crippen LogP contribution in [-0.2, 0) is 4.79 Å². The van der Waals surface area contributed by atoms with Crippen molar-refractivity contribution in [3.05, 3.63) is 90.2 Å². The van der Waals surface area contributed by atoms with E-state index in [4.69, 9.17) is 9.47 Å². The minimum Gasteiger partial charge on any atom is -0.493 e. The molecule has 0 aromatic heterocycles. The van der Waals surface area contributed by atoms with Crippen molar-refractivity contribution < 1.29 is 23.5 Å². The summed E-state index contributed by atoms with van der Waals surface area (Å²) in [7, 11) is 0. The Hall–Kier alpha value is -3.67. The molecule has 0 aliphatic carbocycles. The summed E-state index contributed by atoms with van der Waals surface area (Å²) in [5, 5.41) is 2.78. The molecule has 3 aromatic carbocycles. The lowest BCUT2D eigenvalue weighted by atomic mass is 10.2. The molecule has 0 heterocycles. The van der Waals surface area contributed by atoms with Crippen LogP contribution >= 0.6 is 0 Å². The normalized spacial score (nSPS) is 10.2. The maximum absolute atomic E-state index is 13.1. The van der Waals surface area contributed by atoms with Gasteiger partial charge in [-0.1, -0.05) is 24.3 Å². The molecular weight excluding hydrogens is 373 g/mol. The van der Waals surface area contributed by atoms with Crippen molar-refractivity contribution in [2.45, 2.75) is 12.8 Å². The molecule has 0 fully saturated rings. The van der Waals surface area contributed by atoms with Gasteiger partial charge < -0.3 is 14.8 Å². The molecule has 0 unspecified atom stereocenters. The number of anilines is 1. The lowest BCUT2D eigenvalue weighted by Crippen LogP contribution is -2.12. The Labute approximate surface area is 168 Å². The molecule has 0 bridgehead atoms. The van der Waals surface area contributed by atoms with E-state index in [1.165, 1.54) is 12.1 Å². The summed E-state index contributed by atoms with van der Waals surface area (Å²) in [6.45, 7) is 0.281. The van der Waals surface area contributed by atoms with Gasteiger partial charge in [0.1, 0.15) is 17.3 Å². The molecule has 0 atom stereocenters. The summed E-state index contributed by atoms with van der Waals surface area (Å²) < 4.78 is 23.7. The second-order valence-corrected chi connectivity index (χ2v) is 6.23. The number of nitrogens with one attached hydrogen (secondary N) is 1. The Kier molecular flexibility index (Phi) is 6.95. The van der Waals surface area contributed by atoms with Gasteiger partial charge in [-0.05, 0) is 55.0 Å². The van der Waals surface area contributed by atoms with Crippen molar-refractivity contribution in [1.82, 2.24) is 0 Å². The van der Waals surface area contributed by atoms with Gasteiger partial charge in [0.05, 0.1) is 6.61 Å². The van der Waals surface area contributed by atoms with Crippen LogP contribution in [0.4, 0.5) is 10.1 Å². The van der Waals surface area contributed by atoms with Crippen LogP contribution in [0, 0.1) is 5.82 Å². The number of carbonyl (C=O) groups excluding carboxylic acids is 2. The highest BCUT2D eigenvalue weighted by atomic mass is 19.1. The van der Waals surface area contributed by atoms with Crippen LogP contribution in [0.15, 0.2) is 78.9 Å². The van der Waals surface area contributed by atoms with Crippen LogP contribution < -0.4 is 14.8 Å². The first-order chi connectivity index (χ1) is 14.1. The van der Waals surface area contributed by atoms with Crippen molar-refractivity contribution in [2.75, 3.05) is 11.9 Å². The third-order valence-electron chi connectivity index (χ3n) is 3.97. The van der Waals surface area contributed by atoms with Crippen molar-refractivity contribution in [3.8, 4) is 11.5 Å². The molecule has 0 aliphatic rings. The largest absolute Gasteiger partial charge is 0.493 e. The summed E-state index contributed by atoms with van der Waals surface area (Å²) in [4.78, 5) is 24.0. The van der Waals surface area contributed by atoms with E-state index in [0.717, 1.165) is 0 Å². The van der Waals surface area contributed by atoms with E-state index in [1.54, 1.807) is 60.7 Å². The maximum Gasteiger partial charge on any atom is 0.311 e. The minimum absolute atomic E-state index is 0.168. The van der Waals surface area contributed by atoms with Gasteiger partial charge in [-0.2, -0.15) is 0 Å². The molecule has 3 aromatic rings. The number of carbonyl (C=O) groups is 2. The topological polar surface area (TPSA) is 64.6 Å². The summed E-state index contributed by atoms with van der Waals surface area (Å²) in [6.07, 6.45) is 0.613. The lowest BCUT2D eigenvalue weighted by Gasteiger charge is -2.08. The summed E-state index contributed by atoms with van der Waals surface area (Å²) in [5.74, 6) is -0.168. The van der Waals surface area contributed by atoms with Crippen molar-refractivity contribution >= 4 is 17.6 Å². The van der Waals surface area contributed by atoms with Gasteiger partial charge in [-0.25, -0.2) is 4.39 Å². The number of hydrogen-bond acceptors (Lipinski definition) is 4. The van der Waals surface area contributed by atoms with Crippen LogP contribution in [0.25, 0.3) is 0 Å². The first-order valence-corrected chi connectivity index (χ1v) is 9.16. The molecule has 1 N–H and O–H groups in total. The van der Waals surface area contributed by atoms with Crippen LogP contribution in [0.1, 0.15) is 23.2 Å². The van der Waals surface area contributed by atoms with Crippen LogP contribution in [0.2, 0.25) is 0 Å². The smallest absolute Gasteiger partial charge is 0.311 e. The van der Waals surface area contributed by atoms with E-state index in [9.17, 15) is 14.0 Å². The number of hydrogen-bond donors (Lipinski definition) is 1. The van der Waals surface area contributed by atoms with E-state index in [1.807, 2.05) is 6.07 Å². The Morgan fingerprint density at radius 1 is 0.862 bits per heavy atom. The van der Waals surface area contributed by atoms with Crippen molar-refractivity contribution in [2.24, 2.45) is 0 Å². The first kappa shape index (κ1) is 20.1. The number of benzene rings is 3. The monoisotopic (exact) mass is 393 g/mol. The van der Waals surface area contributed by atoms with Gasteiger partial charge in [-0.15, -0.1) is 0 Å². The van der Waals surface area contributed by atoms with Gasteiger partial charge >= 0.3 is 5.97 Å². The average molecular weight is 393 g/mol. The van der Waals surface area contributed by atoms with Gasteiger partial charge in [-0.3, -0.25) is 9.59 Å². The fourth-order valence-corrected chi connectivity index (χ4v) is 2.54. The summed E-state index contributed by atoms with van der Waals surface area (Å²) in [6, 6.07) is 21.3. The maximum atomic E-state index is 13.1. The standard InChI is InChI=1S/C23H20FNO4/c24-18-8-4-9-21(16-18)28-15-5-10-22(26)29-20-13-11-19(12-14-20)25-23(27)17-6-2-1-3-7-17/h1-4,6-9,11-14,16H,5,10,15H2,(H,25,27). The van der Waals surface area contributed by atoms with Crippen LogP contribution in [0.5, 0.6) is 11.5 Å². The molecule has 1 amide bonds. The van der Waals surface area contributed by atoms with Gasteiger partial charge in [0, 0.05) is 23.7 Å². The third kappa shape index (κ3) is 6.46. The second-order valence-electron chi connectivity index (χ2n) is 6.23. The fraction of sp³-hybridized carbons (Fsp3) is 0.130. The third-order valence-corrected chi connectivity index (χ3v) is 3.97. The molecule has 5 nitrogen and oxygen atoms in total. The predicted molar refractivity (Wildman–Crippen MR) is 108 cm³/mol. The number of ether oxygens (including phenoxy) is 2. The van der Waals surface area contributed by atoms with E-state index in [0.29, 0.717) is 29.2 Å². The zero-order valence-electron chi connectivity index (χ0n) is 15.6. The molecule has 0 radical (unpaired) electrons. The van der Waals surface area contributed by atoms with E-state index >= 15 is 0 Å². The highest BCUT2D eigenvalue weighted by molar-refractivity contribution is 6.04. The molecular formula is C23H20FNO4. The lowest BCUT2D eigenvalue weighted by molar-refractivity contribution is -0.134.